The Morgan fingerprint density at radius 2 is 2.00 bits per heavy atom. The molecular weight excluding hydrogens is 371 g/mol. The van der Waals surface area contributed by atoms with Gasteiger partial charge in [-0.25, -0.2) is 17.1 Å². The first-order valence-corrected chi connectivity index (χ1v) is 10.1. The topological polar surface area (TPSA) is 66.9 Å². The zero-order valence-corrected chi connectivity index (χ0v) is 15.2. The van der Waals surface area contributed by atoms with Gasteiger partial charge in [-0.3, -0.25) is 4.79 Å². The van der Waals surface area contributed by atoms with Crippen LogP contribution >= 0.6 is 11.6 Å². The summed E-state index contributed by atoms with van der Waals surface area (Å²) in [7, 11) is -3.34. The SMILES string of the molecule is O=C(COc1ccc(F)c(Cl)c1)N1CCC(S(=O)(=O)N2CCCC2)C1. The normalized spacial score (nSPS) is 21.7. The summed E-state index contributed by atoms with van der Waals surface area (Å²) in [5.74, 6) is -0.561. The maximum absolute atomic E-state index is 13.1. The smallest absolute Gasteiger partial charge is 0.260 e. The molecule has 3 rings (SSSR count). The van der Waals surface area contributed by atoms with E-state index in [1.165, 1.54) is 21.3 Å². The first-order valence-electron chi connectivity index (χ1n) is 8.22. The van der Waals surface area contributed by atoms with Crippen molar-refractivity contribution in [3.8, 4) is 5.75 Å². The van der Waals surface area contributed by atoms with Crippen LogP contribution in [0.1, 0.15) is 19.3 Å². The molecule has 2 saturated heterocycles. The van der Waals surface area contributed by atoms with Gasteiger partial charge in [0.25, 0.3) is 5.91 Å². The summed E-state index contributed by atoms with van der Waals surface area (Å²) < 4.78 is 45.1. The van der Waals surface area contributed by atoms with Crippen LogP contribution in [0.15, 0.2) is 18.2 Å². The molecule has 1 unspecified atom stereocenters. The standard InChI is InChI=1S/C16H20ClFN2O4S/c17-14-9-12(3-4-15(14)18)24-11-16(21)19-8-5-13(10-19)25(22,23)20-6-1-2-7-20/h3-4,9,13H,1-2,5-8,10-11H2. The van der Waals surface area contributed by atoms with Gasteiger partial charge in [-0.1, -0.05) is 11.6 Å². The number of carbonyl (C=O) groups excluding carboxylic acids is 1. The molecule has 1 aromatic rings. The molecule has 0 bridgehead atoms. The molecule has 138 valence electrons. The third-order valence-corrected chi connectivity index (χ3v) is 7.20. The van der Waals surface area contributed by atoms with Crippen LogP contribution in [0, 0.1) is 5.82 Å². The second-order valence-corrected chi connectivity index (χ2v) is 8.89. The van der Waals surface area contributed by atoms with Gasteiger partial charge in [0.05, 0.1) is 10.3 Å². The van der Waals surface area contributed by atoms with Crippen LogP contribution in [-0.2, 0) is 14.8 Å². The quantitative estimate of drug-likeness (QED) is 0.770. The number of amides is 1. The number of nitrogens with zero attached hydrogens (tertiary/aromatic N) is 2. The predicted octanol–water partition coefficient (Wildman–Crippen LogP) is 1.88. The van der Waals surface area contributed by atoms with Gasteiger partial charge < -0.3 is 9.64 Å². The van der Waals surface area contributed by atoms with E-state index in [0.717, 1.165) is 18.9 Å². The molecule has 2 aliphatic heterocycles. The molecule has 0 N–H and O–H groups in total. The van der Waals surface area contributed by atoms with Gasteiger partial charge in [0.2, 0.25) is 10.0 Å². The number of ether oxygens (including phenoxy) is 1. The van der Waals surface area contributed by atoms with Gasteiger partial charge in [-0.05, 0) is 31.4 Å². The lowest BCUT2D eigenvalue weighted by Gasteiger charge is -2.21. The van der Waals surface area contributed by atoms with E-state index < -0.39 is 21.1 Å². The number of carbonyl (C=O) groups is 1. The van der Waals surface area contributed by atoms with E-state index in [1.54, 1.807) is 0 Å². The molecular formula is C16H20ClFN2O4S. The Labute approximate surface area is 151 Å². The lowest BCUT2D eigenvalue weighted by atomic mass is 10.3. The van der Waals surface area contributed by atoms with Crippen LogP contribution in [-0.4, -0.2) is 61.6 Å². The fraction of sp³-hybridized carbons (Fsp3) is 0.562. The summed E-state index contributed by atoms with van der Waals surface area (Å²) in [5, 5.41) is -0.627. The molecule has 1 amide bonds. The minimum absolute atomic E-state index is 0.0807. The fourth-order valence-electron chi connectivity index (χ4n) is 3.15. The van der Waals surface area contributed by atoms with E-state index in [1.807, 2.05) is 0 Å². The summed E-state index contributed by atoms with van der Waals surface area (Å²) in [6.07, 6.45) is 2.22. The Morgan fingerprint density at radius 3 is 2.68 bits per heavy atom. The van der Waals surface area contributed by atoms with Gasteiger partial charge in [0.15, 0.2) is 6.61 Å². The number of benzene rings is 1. The van der Waals surface area contributed by atoms with Gasteiger partial charge >= 0.3 is 0 Å². The summed E-state index contributed by atoms with van der Waals surface area (Å²) in [6.45, 7) is 1.48. The summed E-state index contributed by atoms with van der Waals surface area (Å²) in [6, 6.07) is 3.85. The van der Waals surface area contributed by atoms with E-state index in [-0.39, 0.29) is 24.1 Å². The Hall–Kier alpha value is -1.38. The lowest BCUT2D eigenvalue weighted by Crippen LogP contribution is -2.40. The highest BCUT2D eigenvalue weighted by Crippen LogP contribution is 2.24. The van der Waals surface area contributed by atoms with Crippen LogP contribution in [0.3, 0.4) is 0 Å². The molecule has 1 atom stereocenters. The maximum Gasteiger partial charge on any atom is 0.260 e. The monoisotopic (exact) mass is 390 g/mol. The second-order valence-electron chi connectivity index (χ2n) is 6.27. The van der Waals surface area contributed by atoms with Gasteiger partial charge in [-0.15, -0.1) is 0 Å². The number of hydrogen-bond donors (Lipinski definition) is 0. The molecule has 9 heteroatoms. The van der Waals surface area contributed by atoms with Crippen LogP contribution in [0.2, 0.25) is 5.02 Å². The molecule has 2 aliphatic rings. The summed E-state index contributed by atoms with van der Waals surface area (Å²) in [5.41, 5.74) is 0. The minimum atomic E-state index is -3.34. The molecule has 0 aromatic heterocycles. The minimum Gasteiger partial charge on any atom is -0.484 e. The Kier molecular flexibility index (Phi) is 5.50. The molecule has 6 nitrogen and oxygen atoms in total. The average molecular weight is 391 g/mol. The third kappa shape index (κ3) is 4.07. The zero-order valence-electron chi connectivity index (χ0n) is 13.7. The van der Waals surface area contributed by atoms with Gasteiger partial charge in [-0.2, -0.15) is 0 Å². The Balaban J connectivity index is 1.54. The van der Waals surface area contributed by atoms with E-state index in [9.17, 15) is 17.6 Å². The van der Waals surface area contributed by atoms with Crippen molar-refractivity contribution in [3.63, 3.8) is 0 Å². The average Bonchev–Trinajstić information content (AvgIpc) is 3.27. The van der Waals surface area contributed by atoms with Gasteiger partial charge in [0.1, 0.15) is 11.6 Å². The predicted molar refractivity (Wildman–Crippen MR) is 91.6 cm³/mol. The highest BCUT2D eigenvalue weighted by molar-refractivity contribution is 7.89. The highest BCUT2D eigenvalue weighted by Gasteiger charge is 2.39. The van der Waals surface area contributed by atoms with Crippen molar-refractivity contribution in [1.29, 1.82) is 0 Å². The number of sulfonamides is 1. The highest BCUT2D eigenvalue weighted by atomic mass is 35.5. The van der Waals surface area contributed by atoms with Crippen molar-refractivity contribution < 1.29 is 22.3 Å². The molecule has 0 saturated carbocycles. The number of hydrogen-bond acceptors (Lipinski definition) is 4. The Bertz CT molecular complexity index is 753. The second kappa shape index (κ2) is 7.47. The first-order chi connectivity index (χ1) is 11.9. The molecule has 2 heterocycles. The Morgan fingerprint density at radius 1 is 1.28 bits per heavy atom. The molecule has 0 spiro atoms. The largest absolute Gasteiger partial charge is 0.484 e. The van der Waals surface area contributed by atoms with Crippen LogP contribution in [0.25, 0.3) is 0 Å². The van der Waals surface area contributed by atoms with Crippen molar-refractivity contribution in [2.24, 2.45) is 0 Å². The molecule has 1 aromatic carbocycles. The molecule has 0 radical (unpaired) electrons. The van der Waals surface area contributed by atoms with Crippen molar-refractivity contribution in [1.82, 2.24) is 9.21 Å². The van der Waals surface area contributed by atoms with E-state index in [4.69, 9.17) is 16.3 Å². The number of likely N-dealkylation sites (tertiary alicyclic amines) is 1. The van der Waals surface area contributed by atoms with Gasteiger partial charge in [0, 0.05) is 32.2 Å². The zero-order chi connectivity index (χ0) is 18.0. The fourth-order valence-corrected chi connectivity index (χ4v) is 5.29. The molecule has 0 aliphatic carbocycles. The molecule has 2 fully saturated rings. The number of halogens is 2. The van der Waals surface area contributed by atoms with Crippen LogP contribution in [0.5, 0.6) is 5.75 Å². The lowest BCUT2D eigenvalue weighted by molar-refractivity contribution is -0.132. The van der Waals surface area contributed by atoms with E-state index in [2.05, 4.69) is 0 Å². The molecule has 25 heavy (non-hydrogen) atoms. The van der Waals surface area contributed by atoms with Crippen LogP contribution < -0.4 is 4.74 Å². The number of rotatable bonds is 5. The van der Waals surface area contributed by atoms with Crippen molar-refractivity contribution in [3.05, 3.63) is 29.0 Å². The summed E-state index contributed by atoms with van der Waals surface area (Å²) >= 11 is 5.67. The van der Waals surface area contributed by atoms with E-state index >= 15 is 0 Å². The third-order valence-electron chi connectivity index (χ3n) is 4.60. The van der Waals surface area contributed by atoms with E-state index in [0.29, 0.717) is 31.8 Å². The first kappa shape index (κ1) is 18.4. The summed E-state index contributed by atoms with van der Waals surface area (Å²) in [4.78, 5) is 13.8. The van der Waals surface area contributed by atoms with Crippen LogP contribution in [0.4, 0.5) is 4.39 Å². The van der Waals surface area contributed by atoms with Crippen molar-refractivity contribution >= 4 is 27.5 Å². The van der Waals surface area contributed by atoms with Crippen molar-refractivity contribution in [2.75, 3.05) is 32.8 Å². The van der Waals surface area contributed by atoms with Crippen molar-refractivity contribution in [2.45, 2.75) is 24.5 Å². The maximum atomic E-state index is 13.1.